The number of para-hydroxylation sites is 2. The number of anilines is 1. The van der Waals surface area contributed by atoms with Gasteiger partial charge in [0.05, 0.1) is 17.1 Å². The summed E-state index contributed by atoms with van der Waals surface area (Å²) in [6, 6.07) is 34.7. The van der Waals surface area contributed by atoms with E-state index in [0.717, 1.165) is 16.2 Å². The molecule has 7 aromatic rings. The predicted molar refractivity (Wildman–Crippen MR) is 174 cm³/mol. The molecule has 1 N–H and O–H groups in total. The van der Waals surface area contributed by atoms with Crippen LogP contribution in [0.15, 0.2) is 130 Å². The van der Waals surface area contributed by atoms with Crippen LogP contribution in [0.25, 0.3) is 44.2 Å². The van der Waals surface area contributed by atoms with Gasteiger partial charge >= 0.3 is 0 Å². The molecule has 44 heavy (non-hydrogen) atoms. The van der Waals surface area contributed by atoms with Crippen molar-refractivity contribution in [2.45, 2.75) is 0 Å². The second-order valence-electron chi connectivity index (χ2n) is 10.0. The average molecular weight is 599 g/mol. The van der Waals surface area contributed by atoms with E-state index in [2.05, 4.69) is 10.4 Å². The molecule has 1 amide bonds. The van der Waals surface area contributed by atoms with Gasteiger partial charge in [-0.25, -0.2) is 4.98 Å². The average Bonchev–Trinajstić information content (AvgIpc) is 3.47. The van der Waals surface area contributed by atoms with Gasteiger partial charge in [-0.05, 0) is 65.4 Å². The first-order valence-corrected chi connectivity index (χ1v) is 14.2. The van der Waals surface area contributed by atoms with Crippen molar-refractivity contribution in [1.29, 1.82) is 0 Å². The first-order chi connectivity index (χ1) is 21.5. The van der Waals surface area contributed by atoms with Crippen LogP contribution in [-0.4, -0.2) is 28.4 Å². The first-order valence-electron chi connectivity index (χ1n) is 13.8. The highest BCUT2D eigenvalue weighted by Crippen LogP contribution is 2.30. The van der Waals surface area contributed by atoms with Crippen molar-refractivity contribution in [1.82, 2.24) is 9.66 Å². The van der Waals surface area contributed by atoms with Crippen LogP contribution in [0.3, 0.4) is 0 Å². The van der Waals surface area contributed by atoms with Gasteiger partial charge in [-0.1, -0.05) is 72.3 Å². The van der Waals surface area contributed by atoms with E-state index in [4.69, 9.17) is 25.7 Å². The molecule has 0 radical (unpaired) electrons. The molecule has 0 unspecified atom stereocenters. The SMILES string of the molecule is O=C(COc1ccc2ccccc2c1C=Nn1c(-c2cc3cc(Cl)ccc3o2)nc2ccccc2c1=O)Nc1ccccc1. The van der Waals surface area contributed by atoms with Gasteiger partial charge < -0.3 is 14.5 Å². The summed E-state index contributed by atoms with van der Waals surface area (Å²) in [5, 5.41) is 11.0. The predicted octanol–water partition coefficient (Wildman–Crippen LogP) is 7.52. The van der Waals surface area contributed by atoms with Crippen LogP contribution in [-0.2, 0) is 4.79 Å². The molecule has 0 bridgehead atoms. The molecule has 5 aromatic carbocycles. The lowest BCUT2D eigenvalue weighted by Crippen LogP contribution is -2.21. The van der Waals surface area contributed by atoms with Gasteiger partial charge in [-0.15, -0.1) is 0 Å². The Morgan fingerprint density at radius 3 is 2.52 bits per heavy atom. The number of carbonyl (C=O) groups is 1. The number of ether oxygens (including phenoxy) is 1. The van der Waals surface area contributed by atoms with Gasteiger partial charge in [0.15, 0.2) is 12.4 Å². The van der Waals surface area contributed by atoms with Crippen molar-refractivity contribution in [2.24, 2.45) is 5.10 Å². The van der Waals surface area contributed by atoms with Crippen molar-refractivity contribution in [3.8, 4) is 17.3 Å². The van der Waals surface area contributed by atoms with Crippen LogP contribution < -0.4 is 15.6 Å². The number of aromatic nitrogens is 2. The summed E-state index contributed by atoms with van der Waals surface area (Å²) in [6.07, 6.45) is 1.55. The molecule has 2 aromatic heterocycles. The summed E-state index contributed by atoms with van der Waals surface area (Å²) in [7, 11) is 0. The van der Waals surface area contributed by atoms with E-state index in [1.165, 1.54) is 4.68 Å². The third kappa shape index (κ3) is 5.30. The maximum atomic E-state index is 13.8. The number of benzene rings is 5. The molecule has 0 aliphatic heterocycles. The van der Waals surface area contributed by atoms with Crippen molar-refractivity contribution < 1.29 is 13.9 Å². The summed E-state index contributed by atoms with van der Waals surface area (Å²) in [5.41, 5.74) is 2.00. The molecule has 2 heterocycles. The molecule has 0 fully saturated rings. The van der Waals surface area contributed by atoms with Gasteiger partial charge in [0.1, 0.15) is 11.3 Å². The normalized spacial score (nSPS) is 11.5. The molecule has 0 saturated carbocycles. The highest BCUT2D eigenvalue weighted by Gasteiger charge is 2.17. The minimum absolute atomic E-state index is 0.224. The molecular formula is C35H23ClN4O4. The van der Waals surface area contributed by atoms with Crippen LogP contribution in [0.1, 0.15) is 5.56 Å². The van der Waals surface area contributed by atoms with E-state index in [9.17, 15) is 9.59 Å². The van der Waals surface area contributed by atoms with E-state index in [-0.39, 0.29) is 23.9 Å². The summed E-state index contributed by atoms with van der Waals surface area (Å²) < 4.78 is 13.3. The Bertz CT molecular complexity index is 2280. The fraction of sp³-hybridized carbons (Fsp3) is 0.0286. The third-order valence-electron chi connectivity index (χ3n) is 7.10. The number of nitrogens with zero attached hydrogens (tertiary/aromatic N) is 3. The number of nitrogens with one attached hydrogen (secondary N) is 1. The number of rotatable bonds is 7. The first kappa shape index (κ1) is 27.1. The molecule has 0 aliphatic rings. The number of amides is 1. The largest absolute Gasteiger partial charge is 0.483 e. The fourth-order valence-corrected chi connectivity index (χ4v) is 5.21. The van der Waals surface area contributed by atoms with Crippen LogP contribution in [0, 0.1) is 0 Å². The van der Waals surface area contributed by atoms with Crippen LogP contribution in [0.2, 0.25) is 5.02 Å². The third-order valence-corrected chi connectivity index (χ3v) is 7.34. The number of furan rings is 1. The molecule has 214 valence electrons. The van der Waals surface area contributed by atoms with Crippen molar-refractivity contribution >= 4 is 62.1 Å². The number of fused-ring (bicyclic) bond motifs is 3. The van der Waals surface area contributed by atoms with E-state index in [0.29, 0.717) is 44.3 Å². The Balaban J connectivity index is 1.32. The number of hydrogen-bond acceptors (Lipinski definition) is 6. The zero-order chi connectivity index (χ0) is 30.0. The lowest BCUT2D eigenvalue weighted by atomic mass is 10.0. The minimum atomic E-state index is -0.370. The molecule has 0 saturated heterocycles. The van der Waals surface area contributed by atoms with Gasteiger partial charge in [0, 0.05) is 21.7 Å². The highest BCUT2D eigenvalue weighted by molar-refractivity contribution is 6.31. The minimum Gasteiger partial charge on any atom is -0.483 e. The molecule has 0 atom stereocenters. The maximum absolute atomic E-state index is 13.8. The molecule has 9 heteroatoms. The summed E-state index contributed by atoms with van der Waals surface area (Å²) in [4.78, 5) is 31.2. The summed E-state index contributed by atoms with van der Waals surface area (Å²) >= 11 is 6.20. The molecule has 0 aliphatic carbocycles. The van der Waals surface area contributed by atoms with E-state index < -0.39 is 0 Å². The molecular weight excluding hydrogens is 576 g/mol. The Kier molecular flexibility index (Phi) is 7.09. The second kappa shape index (κ2) is 11.5. The quantitative estimate of drug-likeness (QED) is 0.191. The van der Waals surface area contributed by atoms with E-state index >= 15 is 0 Å². The van der Waals surface area contributed by atoms with Crippen LogP contribution in [0.4, 0.5) is 5.69 Å². The zero-order valence-electron chi connectivity index (χ0n) is 23.1. The van der Waals surface area contributed by atoms with E-state index in [1.807, 2.05) is 54.6 Å². The topological polar surface area (TPSA) is 98.7 Å². The lowest BCUT2D eigenvalue weighted by Gasteiger charge is -2.12. The Morgan fingerprint density at radius 2 is 1.66 bits per heavy atom. The Morgan fingerprint density at radius 1 is 0.886 bits per heavy atom. The van der Waals surface area contributed by atoms with Crippen LogP contribution >= 0.6 is 11.6 Å². The van der Waals surface area contributed by atoms with Crippen molar-refractivity contribution in [2.75, 3.05) is 11.9 Å². The number of carbonyl (C=O) groups excluding carboxylic acids is 1. The lowest BCUT2D eigenvalue weighted by molar-refractivity contribution is -0.118. The molecule has 0 spiro atoms. The maximum Gasteiger partial charge on any atom is 0.282 e. The fourth-order valence-electron chi connectivity index (χ4n) is 5.03. The summed E-state index contributed by atoms with van der Waals surface area (Å²) in [6.45, 7) is -0.224. The van der Waals surface area contributed by atoms with Gasteiger partial charge in [-0.3, -0.25) is 9.59 Å². The Hall–Kier alpha value is -5.73. The molecule has 7 rings (SSSR count). The second-order valence-corrected chi connectivity index (χ2v) is 10.4. The number of hydrogen-bond donors (Lipinski definition) is 1. The summed E-state index contributed by atoms with van der Waals surface area (Å²) in [5.74, 6) is 0.698. The monoisotopic (exact) mass is 598 g/mol. The van der Waals surface area contributed by atoms with Crippen molar-refractivity contribution in [3.05, 3.63) is 136 Å². The van der Waals surface area contributed by atoms with Crippen molar-refractivity contribution in [3.63, 3.8) is 0 Å². The zero-order valence-corrected chi connectivity index (χ0v) is 23.9. The standard InChI is InChI=1S/C35H23ClN4O4/c36-24-15-17-30-23(18-24)19-32(44-30)34-39-29-13-7-6-12-27(29)35(42)40(34)37-20-28-26-11-5-4-8-22(26)14-16-31(28)43-21-33(41)38-25-9-2-1-3-10-25/h1-20H,21H2,(H,38,41). The van der Waals surface area contributed by atoms with Crippen LogP contribution in [0.5, 0.6) is 5.75 Å². The Labute approximate surface area is 255 Å². The van der Waals surface area contributed by atoms with E-state index in [1.54, 1.807) is 66.9 Å². The van der Waals surface area contributed by atoms with Gasteiger partial charge in [0.25, 0.3) is 11.5 Å². The van der Waals surface area contributed by atoms with Gasteiger partial charge in [-0.2, -0.15) is 9.78 Å². The van der Waals surface area contributed by atoms with Gasteiger partial charge in [0.2, 0.25) is 5.82 Å². The molecule has 8 nitrogen and oxygen atoms in total. The smallest absolute Gasteiger partial charge is 0.282 e. The highest BCUT2D eigenvalue weighted by atomic mass is 35.5. The number of halogens is 1.